The van der Waals surface area contributed by atoms with E-state index in [1.165, 1.54) is 0 Å². The summed E-state index contributed by atoms with van der Waals surface area (Å²) in [6.45, 7) is 1.09. The van der Waals surface area contributed by atoms with Crippen molar-refractivity contribution in [2.45, 2.75) is 25.4 Å². The minimum absolute atomic E-state index is 0.231. The standard InChI is InChI=1S/C8H12O2/c9-6-4-2-1-3-5-8-7-10-8/h8-9H,1-2,4,6-7H2. The van der Waals surface area contributed by atoms with Gasteiger partial charge < -0.3 is 9.84 Å². The van der Waals surface area contributed by atoms with Gasteiger partial charge in [0, 0.05) is 13.0 Å². The molecule has 0 aromatic carbocycles. The molecule has 0 bridgehead atoms. The molecule has 1 N–H and O–H groups in total. The highest BCUT2D eigenvalue weighted by Crippen LogP contribution is 2.06. The van der Waals surface area contributed by atoms with Crippen LogP contribution in [-0.4, -0.2) is 24.4 Å². The number of hydrogen-bond acceptors (Lipinski definition) is 2. The molecule has 1 atom stereocenters. The Morgan fingerprint density at radius 1 is 1.50 bits per heavy atom. The SMILES string of the molecule is OCCCCC#CC1CO1. The molecule has 1 saturated heterocycles. The van der Waals surface area contributed by atoms with Crippen LogP contribution in [0.25, 0.3) is 0 Å². The molecule has 1 fully saturated rings. The lowest BCUT2D eigenvalue weighted by atomic mass is 10.2. The first-order chi connectivity index (χ1) is 4.93. The van der Waals surface area contributed by atoms with Gasteiger partial charge in [0.2, 0.25) is 0 Å². The summed E-state index contributed by atoms with van der Waals surface area (Å²) in [5, 5.41) is 8.41. The normalized spacial score (nSPS) is 21.5. The van der Waals surface area contributed by atoms with E-state index in [1.807, 2.05) is 0 Å². The Hall–Kier alpha value is -0.520. The maximum Gasteiger partial charge on any atom is 0.141 e. The van der Waals surface area contributed by atoms with Crippen molar-refractivity contribution in [1.29, 1.82) is 0 Å². The molecule has 0 spiro atoms. The molecule has 0 aromatic heterocycles. The summed E-state index contributed by atoms with van der Waals surface area (Å²) in [6, 6.07) is 0. The molecular weight excluding hydrogens is 128 g/mol. The van der Waals surface area contributed by atoms with Crippen LogP contribution >= 0.6 is 0 Å². The maximum atomic E-state index is 8.41. The first-order valence-corrected chi connectivity index (χ1v) is 3.64. The van der Waals surface area contributed by atoms with Crippen molar-refractivity contribution in [2.75, 3.05) is 13.2 Å². The van der Waals surface area contributed by atoms with E-state index in [4.69, 9.17) is 9.84 Å². The zero-order valence-electron chi connectivity index (χ0n) is 5.97. The van der Waals surface area contributed by atoms with Gasteiger partial charge in [0.05, 0.1) is 6.61 Å². The van der Waals surface area contributed by atoms with Gasteiger partial charge in [-0.2, -0.15) is 0 Å². The van der Waals surface area contributed by atoms with Gasteiger partial charge in [0.15, 0.2) is 0 Å². The van der Waals surface area contributed by atoms with Crippen molar-refractivity contribution >= 4 is 0 Å². The Labute approximate surface area is 61.2 Å². The Morgan fingerprint density at radius 2 is 2.30 bits per heavy atom. The van der Waals surface area contributed by atoms with Crippen LogP contribution in [0, 0.1) is 11.8 Å². The summed E-state index contributed by atoms with van der Waals surface area (Å²) >= 11 is 0. The third-order valence-electron chi connectivity index (χ3n) is 1.31. The second kappa shape index (κ2) is 4.32. The Kier molecular flexibility index (Phi) is 3.28. The van der Waals surface area contributed by atoms with E-state index >= 15 is 0 Å². The molecule has 0 radical (unpaired) electrons. The fourth-order valence-electron chi connectivity index (χ4n) is 0.643. The van der Waals surface area contributed by atoms with Gasteiger partial charge in [0.1, 0.15) is 6.10 Å². The van der Waals surface area contributed by atoms with E-state index in [9.17, 15) is 0 Å². The molecule has 0 saturated carbocycles. The summed E-state index contributed by atoms with van der Waals surface area (Å²) in [6.07, 6.45) is 2.98. The van der Waals surface area contributed by atoms with E-state index in [2.05, 4.69) is 11.8 Å². The smallest absolute Gasteiger partial charge is 0.141 e. The average molecular weight is 140 g/mol. The van der Waals surface area contributed by atoms with Crippen molar-refractivity contribution in [3.63, 3.8) is 0 Å². The Balaban J connectivity index is 1.89. The van der Waals surface area contributed by atoms with E-state index in [1.54, 1.807) is 0 Å². The van der Waals surface area contributed by atoms with Gasteiger partial charge in [-0.15, -0.1) is 5.92 Å². The predicted molar refractivity (Wildman–Crippen MR) is 38.5 cm³/mol. The predicted octanol–water partition coefficient (Wildman–Crippen LogP) is 0.551. The zero-order valence-corrected chi connectivity index (χ0v) is 5.97. The van der Waals surface area contributed by atoms with E-state index in [0.717, 1.165) is 25.9 Å². The van der Waals surface area contributed by atoms with Crippen LogP contribution < -0.4 is 0 Å². The van der Waals surface area contributed by atoms with Crippen LogP contribution in [0.15, 0.2) is 0 Å². The lowest BCUT2D eigenvalue weighted by Gasteiger charge is -1.87. The van der Waals surface area contributed by atoms with Gasteiger partial charge in [-0.3, -0.25) is 0 Å². The van der Waals surface area contributed by atoms with Crippen molar-refractivity contribution in [3.8, 4) is 11.8 Å². The van der Waals surface area contributed by atoms with Crippen LogP contribution in [-0.2, 0) is 4.74 Å². The van der Waals surface area contributed by atoms with Crippen LogP contribution in [0.5, 0.6) is 0 Å². The summed E-state index contributed by atoms with van der Waals surface area (Å²) in [5.74, 6) is 5.96. The number of hydrogen-bond donors (Lipinski definition) is 1. The van der Waals surface area contributed by atoms with Crippen molar-refractivity contribution in [1.82, 2.24) is 0 Å². The van der Waals surface area contributed by atoms with Gasteiger partial charge in [-0.25, -0.2) is 0 Å². The number of rotatable bonds is 3. The number of unbranched alkanes of at least 4 members (excludes halogenated alkanes) is 2. The monoisotopic (exact) mass is 140 g/mol. The van der Waals surface area contributed by atoms with Crippen LogP contribution in [0.1, 0.15) is 19.3 Å². The lowest BCUT2D eigenvalue weighted by molar-refractivity contribution is 0.285. The Morgan fingerprint density at radius 3 is 2.90 bits per heavy atom. The molecule has 56 valence electrons. The highest BCUT2D eigenvalue weighted by Gasteiger charge is 2.18. The van der Waals surface area contributed by atoms with Crippen molar-refractivity contribution < 1.29 is 9.84 Å². The van der Waals surface area contributed by atoms with Crippen LogP contribution in [0.2, 0.25) is 0 Å². The molecule has 1 aliphatic rings. The molecule has 10 heavy (non-hydrogen) atoms. The molecule has 0 amide bonds. The van der Waals surface area contributed by atoms with Gasteiger partial charge >= 0.3 is 0 Å². The number of ether oxygens (including phenoxy) is 1. The number of epoxide rings is 1. The molecular formula is C8H12O2. The molecule has 2 nitrogen and oxygen atoms in total. The minimum atomic E-state index is 0.231. The van der Waals surface area contributed by atoms with Crippen LogP contribution in [0.3, 0.4) is 0 Å². The van der Waals surface area contributed by atoms with Gasteiger partial charge in [-0.05, 0) is 12.8 Å². The molecule has 1 unspecified atom stereocenters. The number of aliphatic hydroxyl groups is 1. The van der Waals surface area contributed by atoms with Crippen LogP contribution in [0.4, 0.5) is 0 Å². The van der Waals surface area contributed by atoms with E-state index < -0.39 is 0 Å². The molecule has 1 rings (SSSR count). The summed E-state index contributed by atoms with van der Waals surface area (Å²) in [7, 11) is 0. The minimum Gasteiger partial charge on any atom is -0.396 e. The molecule has 0 aromatic rings. The largest absolute Gasteiger partial charge is 0.396 e. The zero-order chi connectivity index (χ0) is 7.23. The van der Waals surface area contributed by atoms with Crippen molar-refractivity contribution in [3.05, 3.63) is 0 Å². The third kappa shape index (κ3) is 3.49. The number of aliphatic hydroxyl groups excluding tert-OH is 1. The summed E-state index contributed by atoms with van der Waals surface area (Å²) < 4.78 is 4.89. The van der Waals surface area contributed by atoms with Crippen molar-refractivity contribution in [2.24, 2.45) is 0 Å². The molecule has 1 heterocycles. The average Bonchev–Trinajstić information content (AvgIpc) is 2.71. The summed E-state index contributed by atoms with van der Waals surface area (Å²) in [4.78, 5) is 0. The van der Waals surface area contributed by atoms with E-state index in [-0.39, 0.29) is 12.7 Å². The Bertz CT molecular complexity index is 139. The second-order valence-electron chi connectivity index (χ2n) is 2.32. The molecule has 1 aliphatic heterocycles. The second-order valence-corrected chi connectivity index (χ2v) is 2.32. The maximum absolute atomic E-state index is 8.41. The lowest BCUT2D eigenvalue weighted by Crippen LogP contribution is -1.81. The third-order valence-corrected chi connectivity index (χ3v) is 1.31. The van der Waals surface area contributed by atoms with Gasteiger partial charge in [0.25, 0.3) is 0 Å². The topological polar surface area (TPSA) is 32.8 Å². The quantitative estimate of drug-likeness (QED) is 0.353. The highest BCUT2D eigenvalue weighted by atomic mass is 16.6. The fourth-order valence-corrected chi connectivity index (χ4v) is 0.643. The summed E-state index contributed by atoms with van der Waals surface area (Å²) in [5.41, 5.74) is 0. The van der Waals surface area contributed by atoms with Gasteiger partial charge in [-0.1, -0.05) is 5.92 Å². The molecule has 0 aliphatic carbocycles. The highest BCUT2D eigenvalue weighted by molar-refractivity contribution is 5.09. The molecule has 2 heteroatoms. The first kappa shape index (κ1) is 7.59. The first-order valence-electron chi connectivity index (χ1n) is 3.64. The van der Waals surface area contributed by atoms with E-state index in [0.29, 0.717) is 0 Å². The fraction of sp³-hybridized carbons (Fsp3) is 0.750.